The second kappa shape index (κ2) is 4.30. The van der Waals surface area contributed by atoms with Gasteiger partial charge in [0.2, 0.25) is 0 Å². The van der Waals surface area contributed by atoms with Crippen LogP contribution in [0.3, 0.4) is 0 Å². The van der Waals surface area contributed by atoms with Crippen molar-refractivity contribution in [2.24, 2.45) is 7.05 Å². The van der Waals surface area contributed by atoms with E-state index in [4.69, 9.17) is 4.74 Å². The zero-order valence-corrected chi connectivity index (χ0v) is 11.1. The Kier molecular flexibility index (Phi) is 2.73. The average Bonchev–Trinajstić information content (AvgIpc) is 2.72. The molecule has 1 N–H and O–H groups in total. The van der Waals surface area contributed by atoms with Gasteiger partial charge in [0.15, 0.2) is 0 Å². The lowest BCUT2D eigenvalue weighted by molar-refractivity contribution is -0.139. The number of carbonyl (C=O) groups is 1. The summed E-state index contributed by atoms with van der Waals surface area (Å²) in [4.78, 5) is 11.4. The minimum atomic E-state index is -0.723. The summed E-state index contributed by atoms with van der Waals surface area (Å²) in [6.07, 6.45) is 2.60. The van der Waals surface area contributed by atoms with Gasteiger partial charge in [-0.15, -0.1) is 0 Å². The highest BCUT2D eigenvalue weighted by molar-refractivity contribution is 5.90. The second-order valence-electron chi connectivity index (χ2n) is 5.09. The number of aromatic nitrogens is 1. The molecule has 1 aromatic carbocycles. The smallest absolute Gasteiger partial charge is 0.312 e. The molecule has 0 fully saturated rings. The summed E-state index contributed by atoms with van der Waals surface area (Å²) in [5.74, 6) is -0.288. The first-order valence-corrected chi connectivity index (χ1v) is 6.51. The quantitative estimate of drug-likeness (QED) is 0.902. The van der Waals surface area contributed by atoms with Gasteiger partial charge >= 0.3 is 5.97 Å². The fourth-order valence-electron chi connectivity index (χ4n) is 3.21. The molecule has 2 aromatic rings. The Bertz CT molecular complexity index is 657. The Labute approximate surface area is 111 Å². The molecule has 1 unspecified atom stereocenters. The number of aryl methyl sites for hydroxylation is 2. The lowest BCUT2D eigenvalue weighted by Gasteiger charge is -2.20. The number of methoxy groups -OCH3 is 1. The molecule has 4 heteroatoms. The van der Waals surface area contributed by atoms with Crippen LogP contribution in [0.1, 0.15) is 30.0 Å². The van der Waals surface area contributed by atoms with Crippen LogP contribution in [0.4, 0.5) is 0 Å². The number of fused-ring (bicyclic) bond motifs is 3. The summed E-state index contributed by atoms with van der Waals surface area (Å²) in [6, 6.07) is 5.94. The number of carboxylic acid groups (broad SMARTS) is 1. The van der Waals surface area contributed by atoms with Crippen LogP contribution in [-0.4, -0.2) is 22.8 Å². The molecule has 0 bridgehead atoms. The van der Waals surface area contributed by atoms with Crippen LogP contribution in [0.2, 0.25) is 0 Å². The Morgan fingerprint density at radius 1 is 1.47 bits per heavy atom. The van der Waals surface area contributed by atoms with Crippen LogP contribution in [0, 0.1) is 0 Å². The lowest BCUT2D eigenvalue weighted by Crippen LogP contribution is -2.20. The zero-order chi connectivity index (χ0) is 13.6. The van der Waals surface area contributed by atoms with Crippen LogP contribution >= 0.6 is 0 Å². The number of aliphatic carboxylic acids is 1. The molecule has 1 aliphatic rings. The minimum Gasteiger partial charge on any atom is -0.497 e. The third kappa shape index (κ3) is 1.70. The molecule has 0 saturated carbocycles. The molecular weight excluding hydrogens is 242 g/mol. The molecule has 3 rings (SSSR count). The van der Waals surface area contributed by atoms with E-state index in [0.717, 1.165) is 41.6 Å². The van der Waals surface area contributed by atoms with Crippen molar-refractivity contribution in [2.75, 3.05) is 7.11 Å². The third-order valence-electron chi connectivity index (χ3n) is 4.11. The molecule has 1 atom stereocenters. The maximum absolute atomic E-state index is 11.4. The van der Waals surface area contributed by atoms with E-state index in [-0.39, 0.29) is 5.92 Å². The molecule has 0 radical (unpaired) electrons. The van der Waals surface area contributed by atoms with Gasteiger partial charge in [-0.3, -0.25) is 4.79 Å². The van der Waals surface area contributed by atoms with Gasteiger partial charge in [-0.05, 0) is 43.0 Å². The number of hydrogen-bond acceptors (Lipinski definition) is 2. The SMILES string of the molecule is COc1ccc2c(c1)c1c(n2C)C(C(=O)O)CCC1. The summed E-state index contributed by atoms with van der Waals surface area (Å²) in [7, 11) is 3.60. The van der Waals surface area contributed by atoms with Crippen molar-refractivity contribution in [3.63, 3.8) is 0 Å². The maximum Gasteiger partial charge on any atom is 0.312 e. The van der Waals surface area contributed by atoms with E-state index < -0.39 is 5.97 Å². The van der Waals surface area contributed by atoms with E-state index in [9.17, 15) is 9.90 Å². The van der Waals surface area contributed by atoms with Crippen LogP contribution < -0.4 is 4.74 Å². The fraction of sp³-hybridized carbons (Fsp3) is 0.400. The van der Waals surface area contributed by atoms with Gasteiger partial charge in [-0.2, -0.15) is 0 Å². The highest BCUT2D eigenvalue weighted by Gasteiger charge is 2.31. The van der Waals surface area contributed by atoms with Crippen molar-refractivity contribution in [3.8, 4) is 5.75 Å². The number of carboxylic acids is 1. The summed E-state index contributed by atoms with van der Waals surface area (Å²) in [6.45, 7) is 0. The van der Waals surface area contributed by atoms with Gasteiger partial charge in [-0.25, -0.2) is 0 Å². The highest BCUT2D eigenvalue weighted by atomic mass is 16.5. The number of rotatable bonds is 2. The van der Waals surface area contributed by atoms with Crippen molar-refractivity contribution in [1.82, 2.24) is 4.57 Å². The van der Waals surface area contributed by atoms with Crippen molar-refractivity contribution in [2.45, 2.75) is 25.2 Å². The van der Waals surface area contributed by atoms with Gasteiger partial charge in [-0.1, -0.05) is 0 Å². The summed E-state index contributed by atoms with van der Waals surface area (Å²) in [5, 5.41) is 10.5. The van der Waals surface area contributed by atoms with E-state index in [0.29, 0.717) is 0 Å². The normalized spacial score (nSPS) is 18.3. The summed E-state index contributed by atoms with van der Waals surface area (Å²) < 4.78 is 7.30. The molecule has 0 amide bonds. The van der Waals surface area contributed by atoms with E-state index in [2.05, 4.69) is 0 Å². The summed E-state index contributed by atoms with van der Waals surface area (Å²) in [5.41, 5.74) is 3.22. The first kappa shape index (κ1) is 12.1. The van der Waals surface area contributed by atoms with Crippen LogP contribution in [0.5, 0.6) is 5.75 Å². The van der Waals surface area contributed by atoms with Gasteiger partial charge in [0, 0.05) is 23.6 Å². The summed E-state index contributed by atoms with van der Waals surface area (Å²) >= 11 is 0. The molecule has 0 aliphatic heterocycles. The van der Waals surface area contributed by atoms with Gasteiger partial charge in [0.1, 0.15) is 5.75 Å². The largest absolute Gasteiger partial charge is 0.497 e. The van der Waals surface area contributed by atoms with Crippen molar-refractivity contribution < 1.29 is 14.6 Å². The molecular formula is C15H17NO3. The number of hydrogen-bond donors (Lipinski definition) is 1. The Balaban J connectivity index is 2.29. The molecule has 1 aromatic heterocycles. The highest BCUT2D eigenvalue weighted by Crippen LogP contribution is 2.39. The minimum absolute atomic E-state index is 0.382. The van der Waals surface area contributed by atoms with E-state index in [1.54, 1.807) is 7.11 Å². The monoisotopic (exact) mass is 259 g/mol. The Morgan fingerprint density at radius 3 is 2.95 bits per heavy atom. The molecule has 1 heterocycles. The first-order valence-electron chi connectivity index (χ1n) is 6.51. The second-order valence-corrected chi connectivity index (χ2v) is 5.09. The number of nitrogens with zero attached hydrogens (tertiary/aromatic N) is 1. The Hall–Kier alpha value is -1.97. The predicted octanol–water partition coefficient (Wildman–Crippen LogP) is 2.69. The number of benzene rings is 1. The van der Waals surface area contributed by atoms with E-state index in [1.807, 2.05) is 29.8 Å². The van der Waals surface area contributed by atoms with Gasteiger partial charge < -0.3 is 14.4 Å². The van der Waals surface area contributed by atoms with Crippen molar-refractivity contribution in [3.05, 3.63) is 29.5 Å². The number of ether oxygens (including phenoxy) is 1. The molecule has 4 nitrogen and oxygen atoms in total. The topological polar surface area (TPSA) is 51.5 Å². The average molecular weight is 259 g/mol. The van der Waals surface area contributed by atoms with Crippen LogP contribution in [0.15, 0.2) is 18.2 Å². The molecule has 100 valence electrons. The third-order valence-corrected chi connectivity index (χ3v) is 4.11. The standard InChI is InChI=1S/C15H17NO3/c1-16-13-7-6-9(19-2)8-12(13)10-4-3-5-11(14(10)16)15(17)18/h6-8,11H,3-5H2,1-2H3,(H,17,18). The molecule has 0 saturated heterocycles. The zero-order valence-electron chi connectivity index (χ0n) is 11.1. The van der Waals surface area contributed by atoms with E-state index in [1.165, 1.54) is 5.56 Å². The van der Waals surface area contributed by atoms with Crippen molar-refractivity contribution in [1.29, 1.82) is 0 Å². The van der Waals surface area contributed by atoms with Crippen LogP contribution in [0.25, 0.3) is 10.9 Å². The van der Waals surface area contributed by atoms with Crippen molar-refractivity contribution >= 4 is 16.9 Å². The van der Waals surface area contributed by atoms with Crippen LogP contribution in [-0.2, 0) is 18.3 Å². The van der Waals surface area contributed by atoms with Gasteiger partial charge in [0.05, 0.1) is 13.0 Å². The predicted molar refractivity (Wildman–Crippen MR) is 72.8 cm³/mol. The van der Waals surface area contributed by atoms with Gasteiger partial charge in [0.25, 0.3) is 0 Å². The molecule has 19 heavy (non-hydrogen) atoms. The maximum atomic E-state index is 11.4. The molecule has 0 spiro atoms. The fourth-order valence-corrected chi connectivity index (χ4v) is 3.21. The Morgan fingerprint density at radius 2 is 2.26 bits per heavy atom. The lowest BCUT2D eigenvalue weighted by atomic mass is 9.86. The first-order chi connectivity index (χ1) is 9.13. The molecule has 1 aliphatic carbocycles. The van der Waals surface area contributed by atoms with E-state index >= 15 is 0 Å².